The molecule has 1 saturated carbocycles. The topological polar surface area (TPSA) is 73.6 Å². The van der Waals surface area contributed by atoms with E-state index in [1.807, 2.05) is 0 Å². The van der Waals surface area contributed by atoms with Gasteiger partial charge in [-0.05, 0) is 12.8 Å². The van der Waals surface area contributed by atoms with E-state index in [0.29, 0.717) is 42.0 Å². The van der Waals surface area contributed by atoms with Crippen molar-refractivity contribution in [3.63, 3.8) is 0 Å². The van der Waals surface area contributed by atoms with E-state index in [1.54, 1.807) is 12.1 Å². The van der Waals surface area contributed by atoms with Crippen molar-refractivity contribution in [3.8, 4) is 11.5 Å². The fourth-order valence-electron chi connectivity index (χ4n) is 2.99. The highest BCUT2D eigenvalue weighted by Gasteiger charge is 2.40. The fraction of sp³-hybridized carbons (Fsp3) is 0.533. The first-order valence-corrected chi connectivity index (χ1v) is 7.63. The van der Waals surface area contributed by atoms with E-state index < -0.39 is 5.41 Å². The predicted molar refractivity (Wildman–Crippen MR) is 81.0 cm³/mol. The molecule has 0 unspecified atom stereocenters. The number of fused-ring (bicyclic) bond motifs is 1. The number of rotatable bonds is 3. The molecule has 1 aromatic rings. The summed E-state index contributed by atoms with van der Waals surface area (Å²) in [5, 5.41) is 3.35. The maximum absolute atomic E-state index is 12.6. The molecule has 1 aromatic carbocycles. The van der Waals surface area contributed by atoms with Crippen LogP contribution in [0.2, 0.25) is 5.02 Å². The summed E-state index contributed by atoms with van der Waals surface area (Å²) in [5.74, 6) is 1.16. The lowest BCUT2D eigenvalue weighted by atomic mass is 9.85. The summed E-state index contributed by atoms with van der Waals surface area (Å²) < 4.78 is 11.0. The van der Waals surface area contributed by atoms with Gasteiger partial charge >= 0.3 is 0 Å². The van der Waals surface area contributed by atoms with Crippen LogP contribution < -0.4 is 20.5 Å². The van der Waals surface area contributed by atoms with Crippen LogP contribution in [0.5, 0.6) is 11.5 Å². The highest BCUT2D eigenvalue weighted by Crippen LogP contribution is 2.41. The zero-order valence-corrected chi connectivity index (χ0v) is 12.5. The van der Waals surface area contributed by atoms with Crippen LogP contribution in [-0.2, 0) is 4.79 Å². The molecule has 1 fully saturated rings. The van der Waals surface area contributed by atoms with E-state index >= 15 is 0 Å². The first-order chi connectivity index (χ1) is 10.1. The molecule has 5 nitrogen and oxygen atoms in total. The molecule has 0 radical (unpaired) electrons. The first kappa shape index (κ1) is 14.5. The van der Waals surface area contributed by atoms with Crippen LogP contribution in [-0.4, -0.2) is 25.7 Å². The van der Waals surface area contributed by atoms with E-state index in [2.05, 4.69) is 5.32 Å². The molecule has 114 valence electrons. The summed E-state index contributed by atoms with van der Waals surface area (Å²) in [6.07, 6.45) is 3.74. The number of benzene rings is 1. The Balaban J connectivity index is 1.82. The van der Waals surface area contributed by atoms with Gasteiger partial charge in [0.05, 0.1) is 16.1 Å². The molecule has 21 heavy (non-hydrogen) atoms. The highest BCUT2D eigenvalue weighted by atomic mass is 35.5. The smallest absolute Gasteiger partial charge is 0.231 e. The molecule has 1 aliphatic carbocycles. The molecule has 0 atom stereocenters. The monoisotopic (exact) mass is 310 g/mol. The van der Waals surface area contributed by atoms with Gasteiger partial charge in [-0.1, -0.05) is 24.4 Å². The lowest BCUT2D eigenvalue weighted by molar-refractivity contribution is -0.124. The van der Waals surface area contributed by atoms with Crippen molar-refractivity contribution in [3.05, 3.63) is 17.2 Å². The number of ether oxygens (including phenoxy) is 2. The molecular weight excluding hydrogens is 292 g/mol. The summed E-state index contributed by atoms with van der Waals surface area (Å²) in [6, 6.07) is 3.39. The minimum Gasteiger partial charge on any atom is -0.486 e. The maximum Gasteiger partial charge on any atom is 0.231 e. The van der Waals surface area contributed by atoms with Crippen LogP contribution in [0.1, 0.15) is 25.7 Å². The minimum absolute atomic E-state index is 0.0546. The van der Waals surface area contributed by atoms with Gasteiger partial charge in [0.15, 0.2) is 11.5 Å². The van der Waals surface area contributed by atoms with Crippen molar-refractivity contribution in [1.29, 1.82) is 0 Å². The quantitative estimate of drug-likeness (QED) is 0.900. The fourth-order valence-corrected chi connectivity index (χ4v) is 3.19. The molecular formula is C15H19ClN2O3. The van der Waals surface area contributed by atoms with E-state index in [9.17, 15) is 4.79 Å². The van der Waals surface area contributed by atoms with Crippen LogP contribution in [0.15, 0.2) is 12.1 Å². The average Bonchev–Trinajstić information content (AvgIpc) is 2.98. The standard InChI is InChI=1S/C15H19ClN2O3/c16-10-7-12-13(21-6-5-20-12)8-11(10)18-14(19)15(9-17)3-1-2-4-15/h7-8H,1-6,9,17H2,(H,18,19). The van der Waals surface area contributed by atoms with E-state index in [1.165, 1.54) is 0 Å². The zero-order chi connectivity index (χ0) is 14.9. The molecule has 1 aliphatic heterocycles. The summed E-state index contributed by atoms with van der Waals surface area (Å²) in [5.41, 5.74) is 5.92. The number of nitrogens with two attached hydrogens (primary N) is 1. The lowest BCUT2D eigenvalue weighted by Crippen LogP contribution is -2.40. The third-order valence-corrected chi connectivity index (χ3v) is 4.63. The number of amides is 1. The normalized spacial score (nSPS) is 19.3. The second-order valence-corrected chi connectivity index (χ2v) is 6.03. The molecule has 6 heteroatoms. The van der Waals surface area contributed by atoms with Gasteiger partial charge in [-0.15, -0.1) is 0 Å². The van der Waals surface area contributed by atoms with Gasteiger partial charge in [0, 0.05) is 18.7 Å². The number of hydrogen-bond acceptors (Lipinski definition) is 4. The Morgan fingerprint density at radius 3 is 2.48 bits per heavy atom. The molecule has 0 bridgehead atoms. The Morgan fingerprint density at radius 2 is 1.86 bits per heavy atom. The summed E-state index contributed by atoms with van der Waals surface area (Å²) >= 11 is 6.22. The second-order valence-electron chi connectivity index (χ2n) is 5.62. The van der Waals surface area contributed by atoms with E-state index in [4.69, 9.17) is 26.8 Å². The first-order valence-electron chi connectivity index (χ1n) is 7.25. The summed E-state index contributed by atoms with van der Waals surface area (Å²) in [4.78, 5) is 12.6. The molecule has 1 heterocycles. The van der Waals surface area contributed by atoms with Gasteiger partial charge in [-0.3, -0.25) is 4.79 Å². The van der Waals surface area contributed by atoms with Gasteiger partial charge in [0.1, 0.15) is 13.2 Å². The molecule has 3 rings (SSSR count). The van der Waals surface area contributed by atoms with E-state index in [-0.39, 0.29) is 5.91 Å². The van der Waals surface area contributed by atoms with Crippen molar-refractivity contribution in [2.24, 2.45) is 11.1 Å². The number of anilines is 1. The minimum atomic E-state index is -0.462. The van der Waals surface area contributed by atoms with Crippen LogP contribution in [0.3, 0.4) is 0 Å². The van der Waals surface area contributed by atoms with Gasteiger partial charge in [-0.2, -0.15) is 0 Å². The van der Waals surface area contributed by atoms with Crippen molar-refractivity contribution in [2.45, 2.75) is 25.7 Å². The van der Waals surface area contributed by atoms with Crippen LogP contribution in [0, 0.1) is 5.41 Å². The Morgan fingerprint density at radius 1 is 1.24 bits per heavy atom. The molecule has 0 spiro atoms. The predicted octanol–water partition coefficient (Wildman–Crippen LogP) is 2.57. The molecule has 0 aromatic heterocycles. The van der Waals surface area contributed by atoms with Gasteiger partial charge in [0.2, 0.25) is 5.91 Å². The third kappa shape index (κ3) is 2.68. The van der Waals surface area contributed by atoms with Crippen LogP contribution in [0.4, 0.5) is 5.69 Å². The van der Waals surface area contributed by atoms with Crippen molar-refractivity contribution in [2.75, 3.05) is 25.1 Å². The van der Waals surface area contributed by atoms with Crippen molar-refractivity contribution >= 4 is 23.2 Å². The molecule has 0 saturated heterocycles. The van der Waals surface area contributed by atoms with Gasteiger partial charge in [0.25, 0.3) is 0 Å². The third-order valence-electron chi connectivity index (χ3n) is 4.31. The maximum atomic E-state index is 12.6. The van der Waals surface area contributed by atoms with Crippen molar-refractivity contribution in [1.82, 2.24) is 0 Å². The SMILES string of the molecule is NCC1(C(=O)Nc2cc3c(cc2Cl)OCCO3)CCCC1. The molecule has 1 amide bonds. The number of nitrogens with one attached hydrogen (secondary N) is 1. The number of carbonyl (C=O) groups is 1. The highest BCUT2D eigenvalue weighted by molar-refractivity contribution is 6.34. The zero-order valence-electron chi connectivity index (χ0n) is 11.8. The van der Waals surface area contributed by atoms with Gasteiger partial charge < -0.3 is 20.5 Å². The number of halogens is 1. The van der Waals surface area contributed by atoms with Crippen LogP contribution >= 0.6 is 11.6 Å². The van der Waals surface area contributed by atoms with Gasteiger partial charge in [-0.25, -0.2) is 0 Å². The summed E-state index contributed by atoms with van der Waals surface area (Å²) in [6.45, 7) is 1.36. The Hall–Kier alpha value is -1.46. The van der Waals surface area contributed by atoms with Crippen LogP contribution in [0.25, 0.3) is 0 Å². The number of hydrogen-bond donors (Lipinski definition) is 2. The molecule has 3 N–H and O–H groups in total. The number of carbonyl (C=O) groups excluding carboxylic acids is 1. The average molecular weight is 311 g/mol. The Labute approximate surface area is 128 Å². The largest absolute Gasteiger partial charge is 0.486 e. The second kappa shape index (κ2) is 5.73. The lowest BCUT2D eigenvalue weighted by Gasteiger charge is -2.26. The summed E-state index contributed by atoms with van der Waals surface area (Å²) in [7, 11) is 0. The van der Waals surface area contributed by atoms with Crippen molar-refractivity contribution < 1.29 is 14.3 Å². The Bertz CT molecular complexity index is 556. The molecule has 2 aliphatic rings. The van der Waals surface area contributed by atoms with E-state index in [0.717, 1.165) is 25.7 Å². The Kier molecular flexibility index (Phi) is 3.95.